The van der Waals surface area contributed by atoms with E-state index in [-0.39, 0.29) is 28.6 Å². The molecule has 2 unspecified atom stereocenters. The Bertz CT molecular complexity index is 609. The van der Waals surface area contributed by atoms with Crippen LogP contribution in [0.2, 0.25) is 0 Å². The minimum absolute atomic E-state index is 0.0262. The van der Waals surface area contributed by atoms with Crippen LogP contribution in [0, 0.1) is 45.8 Å². The van der Waals surface area contributed by atoms with E-state index in [1.54, 1.807) is 0 Å². The molecule has 0 saturated heterocycles. The number of aliphatic hydroxyl groups excluding tert-OH is 1. The van der Waals surface area contributed by atoms with Crippen LogP contribution in [0.1, 0.15) is 59.3 Å². The van der Waals surface area contributed by atoms with Crippen molar-refractivity contribution in [3.63, 3.8) is 0 Å². The lowest BCUT2D eigenvalue weighted by Crippen LogP contribution is -2.54. The topological polar surface area (TPSA) is 61.1 Å². The van der Waals surface area contributed by atoms with Crippen LogP contribution in [0.15, 0.2) is 12.2 Å². The van der Waals surface area contributed by atoms with Crippen LogP contribution in [-0.4, -0.2) is 22.7 Å². The number of hydrogen-bond donors (Lipinski definition) is 2. The van der Waals surface area contributed by atoms with Gasteiger partial charge in [0.15, 0.2) is 5.78 Å². The van der Waals surface area contributed by atoms with Gasteiger partial charge in [0, 0.05) is 12.3 Å². The second-order valence-corrected chi connectivity index (χ2v) is 9.46. The van der Waals surface area contributed by atoms with Crippen molar-refractivity contribution in [1.82, 2.24) is 0 Å². The van der Waals surface area contributed by atoms with Gasteiger partial charge in [-0.1, -0.05) is 26.0 Å². The maximum absolute atomic E-state index is 12.0. The number of ketones is 1. The van der Waals surface area contributed by atoms with Gasteiger partial charge in [0.1, 0.15) is 0 Å². The lowest BCUT2D eigenvalue weighted by atomic mass is 9.46. The first kappa shape index (κ1) is 16.5. The van der Waals surface area contributed by atoms with E-state index in [2.05, 4.69) is 26.0 Å². The van der Waals surface area contributed by atoms with Crippen LogP contribution >= 0.6 is 0 Å². The molecular formula is C21H31NO2. The highest BCUT2D eigenvalue weighted by atomic mass is 16.3. The van der Waals surface area contributed by atoms with E-state index in [9.17, 15) is 9.90 Å². The van der Waals surface area contributed by atoms with Gasteiger partial charge < -0.3 is 10.5 Å². The summed E-state index contributed by atoms with van der Waals surface area (Å²) < 4.78 is 0. The second kappa shape index (κ2) is 5.27. The van der Waals surface area contributed by atoms with Gasteiger partial charge in [0.25, 0.3) is 0 Å². The summed E-state index contributed by atoms with van der Waals surface area (Å²) in [5, 5.41) is 18.6. The number of Topliss-reactive ketones (excluding diaryl/α,β-unsaturated/α-hetero) is 1. The number of allylic oxidation sites excluding steroid dienone is 2. The van der Waals surface area contributed by atoms with Crippen molar-refractivity contribution in [2.45, 2.75) is 65.4 Å². The van der Waals surface area contributed by atoms with Gasteiger partial charge >= 0.3 is 0 Å². The summed E-state index contributed by atoms with van der Waals surface area (Å²) in [5.41, 5.74) is 0.676. The highest BCUT2D eigenvalue weighted by molar-refractivity contribution is 6.40. The molecule has 3 saturated carbocycles. The monoisotopic (exact) mass is 329 g/mol. The van der Waals surface area contributed by atoms with E-state index in [1.165, 1.54) is 19.3 Å². The lowest BCUT2D eigenvalue weighted by Gasteiger charge is -2.58. The third kappa shape index (κ3) is 2.00. The molecule has 0 amide bonds. The Kier molecular flexibility index (Phi) is 3.62. The number of carbonyl (C=O) groups excluding carboxylic acids is 1. The standard InChI is InChI=1S/C21H31NO2/c1-12(23)14-6-7-15-13-4-5-17-19(22)18(24)9-11-21(17,3)16(13)8-10-20(14,15)2/h4-5,12-17,22-23H,6-11H2,1-3H3/t12?,13-,14+,15-,16-,17?,20+,21+/m0/s1. The maximum atomic E-state index is 12.0. The number of aliphatic hydroxyl groups is 1. The third-order valence-corrected chi connectivity index (χ3v) is 8.57. The predicted molar refractivity (Wildman–Crippen MR) is 94.9 cm³/mol. The molecule has 0 bridgehead atoms. The average Bonchev–Trinajstić information content (AvgIpc) is 2.89. The Balaban J connectivity index is 1.70. The summed E-state index contributed by atoms with van der Waals surface area (Å²) in [6, 6.07) is 0. The minimum Gasteiger partial charge on any atom is -0.393 e. The molecule has 24 heavy (non-hydrogen) atoms. The van der Waals surface area contributed by atoms with Gasteiger partial charge in [-0.3, -0.25) is 4.79 Å². The summed E-state index contributed by atoms with van der Waals surface area (Å²) in [6.07, 6.45) is 10.6. The molecule has 132 valence electrons. The van der Waals surface area contributed by atoms with Gasteiger partial charge in [0.05, 0.1) is 11.8 Å². The maximum Gasteiger partial charge on any atom is 0.176 e. The minimum atomic E-state index is -0.215. The first-order chi connectivity index (χ1) is 11.3. The van der Waals surface area contributed by atoms with Crippen LogP contribution in [0.4, 0.5) is 0 Å². The Morgan fingerprint density at radius 3 is 2.54 bits per heavy atom. The molecule has 0 aromatic rings. The summed E-state index contributed by atoms with van der Waals surface area (Å²) >= 11 is 0. The normalized spacial score (nSPS) is 51.8. The molecular weight excluding hydrogens is 298 g/mol. The van der Waals surface area contributed by atoms with E-state index < -0.39 is 0 Å². The van der Waals surface area contributed by atoms with Crippen molar-refractivity contribution in [2.75, 3.05) is 0 Å². The van der Waals surface area contributed by atoms with E-state index in [1.807, 2.05) is 6.92 Å². The fourth-order valence-corrected chi connectivity index (χ4v) is 7.21. The summed E-state index contributed by atoms with van der Waals surface area (Å²) in [7, 11) is 0. The summed E-state index contributed by atoms with van der Waals surface area (Å²) in [4.78, 5) is 12.0. The van der Waals surface area contributed by atoms with E-state index in [0.29, 0.717) is 35.8 Å². The molecule has 0 spiro atoms. The summed E-state index contributed by atoms with van der Waals surface area (Å²) in [5.74, 6) is 2.31. The van der Waals surface area contributed by atoms with Gasteiger partial charge in [-0.05, 0) is 73.5 Å². The molecule has 0 heterocycles. The first-order valence-corrected chi connectivity index (χ1v) is 9.77. The van der Waals surface area contributed by atoms with E-state index in [0.717, 1.165) is 12.8 Å². The van der Waals surface area contributed by atoms with E-state index in [4.69, 9.17) is 5.41 Å². The smallest absolute Gasteiger partial charge is 0.176 e. The Morgan fingerprint density at radius 1 is 1.12 bits per heavy atom. The van der Waals surface area contributed by atoms with Crippen LogP contribution in [-0.2, 0) is 4.79 Å². The molecule has 4 rings (SSSR count). The predicted octanol–water partition coefficient (Wildman–Crippen LogP) is 4.00. The average molecular weight is 329 g/mol. The molecule has 3 nitrogen and oxygen atoms in total. The zero-order valence-electron chi connectivity index (χ0n) is 15.2. The second-order valence-electron chi connectivity index (χ2n) is 9.46. The zero-order chi connectivity index (χ0) is 17.3. The summed E-state index contributed by atoms with van der Waals surface area (Å²) in [6.45, 7) is 6.71. The van der Waals surface area contributed by atoms with Gasteiger partial charge in [-0.15, -0.1) is 0 Å². The largest absolute Gasteiger partial charge is 0.393 e. The molecule has 0 aromatic carbocycles. The van der Waals surface area contributed by atoms with E-state index >= 15 is 0 Å². The van der Waals surface area contributed by atoms with Crippen LogP contribution in [0.5, 0.6) is 0 Å². The van der Waals surface area contributed by atoms with Crippen LogP contribution < -0.4 is 0 Å². The number of rotatable bonds is 1. The van der Waals surface area contributed by atoms with Crippen molar-refractivity contribution in [2.24, 2.45) is 40.4 Å². The van der Waals surface area contributed by atoms with Crippen molar-refractivity contribution in [3.8, 4) is 0 Å². The molecule has 0 radical (unpaired) electrons. The first-order valence-electron chi connectivity index (χ1n) is 9.77. The molecule has 2 N–H and O–H groups in total. The molecule has 4 aliphatic rings. The van der Waals surface area contributed by atoms with Crippen molar-refractivity contribution in [3.05, 3.63) is 12.2 Å². The lowest BCUT2D eigenvalue weighted by molar-refractivity contribution is -0.117. The van der Waals surface area contributed by atoms with Crippen molar-refractivity contribution in [1.29, 1.82) is 5.41 Å². The highest BCUT2D eigenvalue weighted by Crippen LogP contribution is 2.65. The fourth-order valence-electron chi connectivity index (χ4n) is 7.21. The van der Waals surface area contributed by atoms with Crippen molar-refractivity contribution >= 4 is 11.5 Å². The van der Waals surface area contributed by atoms with Crippen molar-refractivity contribution < 1.29 is 9.90 Å². The van der Waals surface area contributed by atoms with Gasteiger partial charge in [-0.2, -0.15) is 0 Å². The Morgan fingerprint density at radius 2 is 1.83 bits per heavy atom. The Labute approximate surface area is 145 Å². The number of carbonyl (C=O) groups is 1. The van der Waals surface area contributed by atoms with Crippen LogP contribution in [0.3, 0.4) is 0 Å². The number of fused-ring (bicyclic) bond motifs is 5. The fraction of sp³-hybridized carbons (Fsp3) is 0.810. The molecule has 0 aliphatic heterocycles. The SMILES string of the molecule is CC(O)[C@H]1CC[C@H]2[C@@H]3C=CC4C(=N)C(=O)CC[C@]4(C)[C@H]3CC[C@]12C. The molecule has 0 aromatic heterocycles. The number of hydrogen-bond acceptors (Lipinski definition) is 3. The molecule has 3 fully saturated rings. The quantitative estimate of drug-likeness (QED) is 0.714. The third-order valence-electron chi connectivity index (χ3n) is 8.57. The molecule has 3 heteroatoms. The van der Waals surface area contributed by atoms with Crippen LogP contribution in [0.25, 0.3) is 0 Å². The zero-order valence-corrected chi connectivity index (χ0v) is 15.2. The Hall–Kier alpha value is -0.960. The molecule has 8 atom stereocenters. The molecule has 4 aliphatic carbocycles. The van der Waals surface area contributed by atoms with Gasteiger partial charge in [0.2, 0.25) is 0 Å². The van der Waals surface area contributed by atoms with Gasteiger partial charge in [-0.25, -0.2) is 0 Å². The number of nitrogens with one attached hydrogen (secondary N) is 1. The highest BCUT2D eigenvalue weighted by Gasteiger charge is 2.60.